The van der Waals surface area contributed by atoms with Crippen LogP contribution in [0.4, 0.5) is 5.69 Å². The highest BCUT2D eigenvalue weighted by Crippen LogP contribution is 2.06. The van der Waals surface area contributed by atoms with E-state index in [0.717, 1.165) is 5.56 Å². The first-order chi connectivity index (χ1) is 8.16. The molecule has 2 rings (SSSR count). The molecule has 4 N–H and O–H groups in total. The van der Waals surface area contributed by atoms with Gasteiger partial charge in [0.15, 0.2) is 0 Å². The van der Waals surface area contributed by atoms with Crippen molar-refractivity contribution in [3.8, 4) is 11.8 Å². The van der Waals surface area contributed by atoms with E-state index in [1.165, 1.54) is 11.3 Å². The Morgan fingerprint density at radius 2 is 1.76 bits per heavy atom. The molecular formula is C12H10BNO2S. The number of benzene rings is 1. The van der Waals surface area contributed by atoms with Crippen LogP contribution in [0.2, 0.25) is 0 Å². The highest BCUT2D eigenvalue weighted by Gasteiger charge is 2.15. The standard InChI is InChI=1S/C12H10BNO2S/c14-11-5-2-9(3-6-11)1-4-10-7-17-8-12(10)13(15)16/h2-3,5-8,15-16H,14H2. The lowest BCUT2D eigenvalue weighted by molar-refractivity contribution is 0.426. The van der Waals surface area contributed by atoms with Crippen LogP contribution >= 0.6 is 11.3 Å². The zero-order valence-corrected chi connectivity index (χ0v) is 9.74. The third kappa shape index (κ3) is 2.89. The van der Waals surface area contributed by atoms with Crippen LogP contribution in [-0.4, -0.2) is 17.2 Å². The minimum Gasteiger partial charge on any atom is -0.423 e. The molecule has 0 atom stereocenters. The van der Waals surface area contributed by atoms with Crippen LogP contribution in [0.1, 0.15) is 11.1 Å². The van der Waals surface area contributed by atoms with Crippen LogP contribution in [0.3, 0.4) is 0 Å². The summed E-state index contributed by atoms with van der Waals surface area (Å²) in [6.45, 7) is 0. The van der Waals surface area contributed by atoms with E-state index < -0.39 is 7.12 Å². The molecule has 1 aromatic heterocycles. The Balaban J connectivity index is 2.27. The maximum Gasteiger partial charge on any atom is 0.490 e. The Hall–Kier alpha value is -1.74. The summed E-state index contributed by atoms with van der Waals surface area (Å²) < 4.78 is 0. The second-order valence-electron chi connectivity index (χ2n) is 3.49. The SMILES string of the molecule is Nc1ccc(C#Cc2cscc2B(O)O)cc1. The highest BCUT2D eigenvalue weighted by molar-refractivity contribution is 7.09. The summed E-state index contributed by atoms with van der Waals surface area (Å²) in [5.41, 5.74) is 8.18. The zero-order valence-electron chi connectivity index (χ0n) is 8.92. The van der Waals surface area contributed by atoms with Crippen molar-refractivity contribution in [2.75, 3.05) is 5.73 Å². The molecule has 0 unspecified atom stereocenters. The van der Waals surface area contributed by atoms with Gasteiger partial charge in [-0.1, -0.05) is 11.8 Å². The van der Waals surface area contributed by atoms with Crippen molar-refractivity contribution in [3.05, 3.63) is 46.2 Å². The van der Waals surface area contributed by atoms with Crippen molar-refractivity contribution in [2.45, 2.75) is 0 Å². The lowest BCUT2D eigenvalue weighted by atomic mass is 9.80. The predicted octanol–water partition coefficient (Wildman–Crippen LogP) is 0.410. The van der Waals surface area contributed by atoms with Crippen molar-refractivity contribution in [1.29, 1.82) is 0 Å². The molecule has 0 aliphatic rings. The number of rotatable bonds is 1. The molecule has 0 aliphatic carbocycles. The van der Waals surface area contributed by atoms with E-state index in [-0.39, 0.29) is 0 Å². The number of nitrogens with two attached hydrogens (primary N) is 1. The molecule has 2 aromatic rings. The zero-order chi connectivity index (χ0) is 12.3. The highest BCUT2D eigenvalue weighted by atomic mass is 32.1. The molecule has 1 heterocycles. The van der Waals surface area contributed by atoms with E-state index in [4.69, 9.17) is 15.8 Å². The minimum atomic E-state index is -1.48. The fourth-order valence-corrected chi connectivity index (χ4v) is 2.11. The summed E-state index contributed by atoms with van der Waals surface area (Å²) in [6.07, 6.45) is 0. The van der Waals surface area contributed by atoms with Gasteiger partial charge in [-0.25, -0.2) is 0 Å². The van der Waals surface area contributed by atoms with Gasteiger partial charge in [0.25, 0.3) is 0 Å². The second-order valence-corrected chi connectivity index (χ2v) is 4.23. The van der Waals surface area contributed by atoms with Gasteiger partial charge in [-0.05, 0) is 29.6 Å². The van der Waals surface area contributed by atoms with E-state index in [9.17, 15) is 0 Å². The smallest absolute Gasteiger partial charge is 0.423 e. The van der Waals surface area contributed by atoms with Crippen LogP contribution in [0.5, 0.6) is 0 Å². The normalized spacial score (nSPS) is 9.53. The molecule has 0 bridgehead atoms. The maximum absolute atomic E-state index is 9.10. The van der Waals surface area contributed by atoms with Crippen LogP contribution in [0, 0.1) is 11.8 Å². The van der Waals surface area contributed by atoms with Crippen LogP contribution in [0.25, 0.3) is 0 Å². The predicted molar refractivity (Wildman–Crippen MR) is 71.0 cm³/mol. The number of hydrogen-bond donors (Lipinski definition) is 3. The summed E-state index contributed by atoms with van der Waals surface area (Å²) in [7, 11) is -1.48. The maximum atomic E-state index is 9.10. The largest absolute Gasteiger partial charge is 0.490 e. The molecule has 0 saturated heterocycles. The molecule has 0 saturated carbocycles. The van der Waals surface area contributed by atoms with E-state index in [0.29, 0.717) is 16.7 Å². The number of thiophene rings is 1. The lowest BCUT2D eigenvalue weighted by Crippen LogP contribution is -2.30. The topological polar surface area (TPSA) is 66.5 Å². The third-order valence-electron chi connectivity index (χ3n) is 2.22. The number of nitrogen functional groups attached to an aromatic ring is 1. The van der Waals surface area contributed by atoms with Gasteiger partial charge in [0.05, 0.1) is 0 Å². The molecule has 17 heavy (non-hydrogen) atoms. The summed E-state index contributed by atoms with van der Waals surface area (Å²) in [5.74, 6) is 5.86. The second kappa shape index (κ2) is 5.06. The third-order valence-corrected chi connectivity index (χ3v) is 2.98. The molecule has 5 heteroatoms. The lowest BCUT2D eigenvalue weighted by Gasteiger charge is -1.95. The van der Waals surface area contributed by atoms with Gasteiger partial charge in [0, 0.05) is 27.7 Å². The van der Waals surface area contributed by atoms with Gasteiger partial charge in [-0.3, -0.25) is 0 Å². The molecule has 3 nitrogen and oxygen atoms in total. The summed E-state index contributed by atoms with van der Waals surface area (Å²) in [4.78, 5) is 0. The first kappa shape index (κ1) is 11.7. The van der Waals surface area contributed by atoms with Crippen LogP contribution < -0.4 is 11.2 Å². The van der Waals surface area contributed by atoms with Crippen LogP contribution in [0.15, 0.2) is 35.0 Å². The quantitative estimate of drug-likeness (QED) is 0.386. The number of hydrogen-bond acceptors (Lipinski definition) is 4. The van der Waals surface area contributed by atoms with Gasteiger partial charge in [0.1, 0.15) is 0 Å². The van der Waals surface area contributed by atoms with E-state index in [1.54, 1.807) is 22.9 Å². The van der Waals surface area contributed by atoms with Crippen LogP contribution in [-0.2, 0) is 0 Å². The molecule has 0 spiro atoms. The van der Waals surface area contributed by atoms with Crippen molar-refractivity contribution in [1.82, 2.24) is 0 Å². The van der Waals surface area contributed by atoms with Gasteiger partial charge in [-0.2, -0.15) is 11.3 Å². The van der Waals surface area contributed by atoms with Gasteiger partial charge >= 0.3 is 7.12 Å². The van der Waals surface area contributed by atoms with Crippen molar-refractivity contribution >= 4 is 29.6 Å². The molecule has 0 amide bonds. The monoisotopic (exact) mass is 243 g/mol. The Kier molecular flexibility index (Phi) is 3.50. The van der Waals surface area contributed by atoms with Gasteiger partial charge in [-0.15, -0.1) is 0 Å². The Morgan fingerprint density at radius 1 is 1.06 bits per heavy atom. The summed E-state index contributed by atoms with van der Waals surface area (Å²) in [6, 6.07) is 7.20. The minimum absolute atomic E-state index is 0.443. The molecule has 0 aliphatic heterocycles. The molecule has 1 aromatic carbocycles. The fourth-order valence-electron chi connectivity index (χ4n) is 1.31. The Labute approximate surface area is 104 Å². The Morgan fingerprint density at radius 3 is 2.41 bits per heavy atom. The van der Waals surface area contributed by atoms with Gasteiger partial charge < -0.3 is 15.8 Å². The molecular weight excluding hydrogens is 233 g/mol. The summed E-state index contributed by atoms with van der Waals surface area (Å²) in [5, 5.41) is 21.7. The van der Waals surface area contributed by atoms with Gasteiger partial charge in [0.2, 0.25) is 0 Å². The first-order valence-electron chi connectivity index (χ1n) is 4.96. The molecule has 0 fully saturated rings. The van der Waals surface area contributed by atoms with Crippen molar-refractivity contribution in [3.63, 3.8) is 0 Å². The average Bonchev–Trinajstić information content (AvgIpc) is 2.76. The average molecular weight is 243 g/mol. The molecule has 84 valence electrons. The number of anilines is 1. The van der Waals surface area contributed by atoms with Crippen molar-refractivity contribution in [2.24, 2.45) is 0 Å². The molecule has 0 radical (unpaired) electrons. The van der Waals surface area contributed by atoms with E-state index in [1.807, 2.05) is 12.1 Å². The van der Waals surface area contributed by atoms with E-state index in [2.05, 4.69) is 11.8 Å². The Bertz CT molecular complexity index is 566. The summed E-state index contributed by atoms with van der Waals surface area (Å²) >= 11 is 1.39. The van der Waals surface area contributed by atoms with Crippen molar-refractivity contribution < 1.29 is 10.0 Å². The first-order valence-corrected chi connectivity index (χ1v) is 5.91. The van der Waals surface area contributed by atoms with E-state index >= 15 is 0 Å². The fraction of sp³-hybridized carbons (Fsp3) is 0.